The van der Waals surface area contributed by atoms with Crippen LogP contribution in [0.4, 0.5) is 0 Å². The van der Waals surface area contributed by atoms with Gasteiger partial charge in [-0.15, -0.1) is 12.4 Å². The quantitative estimate of drug-likeness (QED) is 0.676. The molecule has 1 unspecified atom stereocenters. The van der Waals surface area contributed by atoms with Gasteiger partial charge in [-0.25, -0.2) is 0 Å². The predicted molar refractivity (Wildman–Crippen MR) is 59.2 cm³/mol. The Balaban J connectivity index is 0.00000169. The molecule has 80 valence electrons. The van der Waals surface area contributed by atoms with Crippen LogP contribution in [0.1, 0.15) is 12.5 Å². The highest BCUT2D eigenvalue weighted by atomic mass is 35.5. The van der Waals surface area contributed by atoms with E-state index in [2.05, 4.69) is 12.2 Å². The van der Waals surface area contributed by atoms with Crippen molar-refractivity contribution in [1.82, 2.24) is 5.32 Å². The molecule has 0 saturated heterocycles. The molecule has 0 aliphatic carbocycles. The number of nitrogens with one attached hydrogen (secondary N) is 1. The Morgan fingerprint density at radius 3 is 2.43 bits per heavy atom. The molecule has 4 heteroatoms. The second kappa shape index (κ2) is 5.73. The van der Waals surface area contributed by atoms with Gasteiger partial charge in [-0.3, -0.25) is 0 Å². The topological polar surface area (TPSA) is 52.5 Å². The molecule has 1 rings (SSSR count). The first kappa shape index (κ1) is 13.1. The standard InChI is InChI=1S/C10H15NO2.ClH/c1-7(11-2)5-8-3-4-9(12)10(13)6-8;/h3-4,6-7,11-13H,5H2,1-2H3;1H. The third-order valence-corrected chi connectivity index (χ3v) is 2.07. The average molecular weight is 218 g/mol. The van der Waals surface area contributed by atoms with Crippen molar-refractivity contribution in [3.05, 3.63) is 23.8 Å². The minimum absolute atomic E-state index is 0. The Labute approximate surface area is 90.2 Å². The van der Waals surface area contributed by atoms with E-state index in [0.717, 1.165) is 12.0 Å². The second-order valence-electron chi connectivity index (χ2n) is 3.22. The highest BCUT2D eigenvalue weighted by molar-refractivity contribution is 5.85. The number of rotatable bonds is 3. The van der Waals surface area contributed by atoms with E-state index in [1.807, 2.05) is 13.1 Å². The zero-order chi connectivity index (χ0) is 9.84. The first-order chi connectivity index (χ1) is 6.13. The van der Waals surface area contributed by atoms with E-state index in [4.69, 9.17) is 5.11 Å². The van der Waals surface area contributed by atoms with Gasteiger partial charge in [0, 0.05) is 6.04 Å². The fourth-order valence-corrected chi connectivity index (χ4v) is 1.15. The van der Waals surface area contributed by atoms with Gasteiger partial charge in [0.2, 0.25) is 0 Å². The SMILES string of the molecule is CNC(C)Cc1ccc(O)c(O)c1.Cl. The van der Waals surface area contributed by atoms with Crippen molar-refractivity contribution in [1.29, 1.82) is 0 Å². The molecule has 3 N–H and O–H groups in total. The highest BCUT2D eigenvalue weighted by Crippen LogP contribution is 2.25. The van der Waals surface area contributed by atoms with Crippen LogP contribution in [0.2, 0.25) is 0 Å². The number of phenolic OH excluding ortho intramolecular Hbond substituents is 2. The maximum Gasteiger partial charge on any atom is 0.157 e. The zero-order valence-electron chi connectivity index (χ0n) is 8.32. The van der Waals surface area contributed by atoms with E-state index < -0.39 is 0 Å². The van der Waals surface area contributed by atoms with Crippen LogP contribution in [-0.2, 0) is 6.42 Å². The van der Waals surface area contributed by atoms with Crippen molar-refractivity contribution in [3.8, 4) is 11.5 Å². The van der Waals surface area contributed by atoms with Crippen molar-refractivity contribution in [2.24, 2.45) is 0 Å². The molecule has 0 aromatic heterocycles. The molecular weight excluding hydrogens is 202 g/mol. The lowest BCUT2D eigenvalue weighted by atomic mass is 10.1. The molecule has 1 aromatic carbocycles. The lowest BCUT2D eigenvalue weighted by Gasteiger charge is -2.10. The largest absolute Gasteiger partial charge is 0.504 e. The monoisotopic (exact) mass is 217 g/mol. The Bertz CT molecular complexity index is 291. The summed E-state index contributed by atoms with van der Waals surface area (Å²) in [6.07, 6.45) is 0.838. The Kier molecular flexibility index (Phi) is 5.35. The van der Waals surface area contributed by atoms with Crippen LogP contribution >= 0.6 is 12.4 Å². The van der Waals surface area contributed by atoms with Crippen molar-refractivity contribution in [3.63, 3.8) is 0 Å². The molecule has 0 spiro atoms. The maximum absolute atomic E-state index is 9.22. The summed E-state index contributed by atoms with van der Waals surface area (Å²) in [4.78, 5) is 0. The zero-order valence-corrected chi connectivity index (χ0v) is 9.14. The minimum atomic E-state index is -0.0686. The summed E-state index contributed by atoms with van der Waals surface area (Å²) in [5, 5.41) is 21.4. The fourth-order valence-electron chi connectivity index (χ4n) is 1.15. The summed E-state index contributed by atoms with van der Waals surface area (Å²) in [5.74, 6) is -0.123. The lowest BCUT2D eigenvalue weighted by molar-refractivity contribution is 0.403. The first-order valence-corrected chi connectivity index (χ1v) is 4.31. The molecule has 1 atom stereocenters. The van der Waals surface area contributed by atoms with Crippen molar-refractivity contribution < 1.29 is 10.2 Å². The first-order valence-electron chi connectivity index (χ1n) is 4.31. The van der Waals surface area contributed by atoms with Gasteiger partial charge in [-0.2, -0.15) is 0 Å². The van der Waals surface area contributed by atoms with Crippen molar-refractivity contribution in [2.75, 3.05) is 7.05 Å². The average Bonchev–Trinajstić information content (AvgIpc) is 2.11. The van der Waals surface area contributed by atoms with E-state index in [1.54, 1.807) is 6.07 Å². The van der Waals surface area contributed by atoms with Gasteiger partial charge in [0.15, 0.2) is 11.5 Å². The summed E-state index contributed by atoms with van der Waals surface area (Å²) >= 11 is 0. The number of aromatic hydroxyl groups is 2. The van der Waals surface area contributed by atoms with E-state index in [0.29, 0.717) is 6.04 Å². The summed E-state index contributed by atoms with van der Waals surface area (Å²) < 4.78 is 0. The summed E-state index contributed by atoms with van der Waals surface area (Å²) in [6, 6.07) is 5.27. The summed E-state index contributed by atoms with van der Waals surface area (Å²) in [7, 11) is 1.89. The van der Waals surface area contributed by atoms with Gasteiger partial charge in [0.25, 0.3) is 0 Å². The molecule has 3 nitrogen and oxygen atoms in total. The van der Waals surface area contributed by atoms with E-state index in [9.17, 15) is 5.11 Å². The molecule has 0 saturated carbocycles. The molecule has 1 aromatic rings. The Morgan fingerprint density at radius 1 is 1.29 bits per heavy atom. The third-order valence-electron chi connectivity index (χ3n) is 2.07. The van der Waals surface area contributed by atoms with E-state index >= 15 is 0 Å². The number of hydrogen-bond donors (Lipinski definition) is 3. The van der Waals surface area contributed by atoms with Crippen molar-refractivity contribution in [2.45, 2.75) is 19.4 Å². The number of halogens is 1. The molecule has 0 bridgehead atoms. The fraction of sp³-hybridized carbons (Fsp3) is 0.400. The van der Waals surface area contributed by atoms with Crippen molar-refractivity contribution >= 4 is 12.4 Å². The maximum atomic E-state index is 9.22. The van der Waals surface area contributed by atoms with Crippen LogP contribution in [0.5, 0.6) is 11.5 Å². The Morgan fingerprint density at radius 2 is 1.93 bits per heavy atom. The van der Waals surface area contributed by atoms with E-state index in [1.165, 1.54) is 6.07 Å². The van der Waals surface area contributed by atoms with Crippen LogP contribution < -0.4 is 5.32 Å². The Hall–Kier alpha value is -0.930. The molecular formula is C10H16ClNO2. The molecule has 0 fully saturated rings. The highest BCUT2D eigenvalue weighted by Gasteiger charge is 2.03. The van der Waals surface area contributed by atoms with Crippen LogP contribution in [0.15, 0.2) is 18.2 Å². The number of benzene rings is 1. The number of likely N-dealkylation sites (N-methyl/N-ethyl adjacent to an activating group) is 1. The van der Waals surface area contributed by atoms with Crippen LogP contribution in [0, 0.1) is 0 Å². The van der Waals surface area contributed by atoms with Gasteiger partial charge in [-0.1, -0.05) is 6.07 Å². The van der Waals surface area contributed by atoms with E-state index in [-0.39, 0.29) is 23.9 Å². The molecule has 0 heterocycles. The van der Waals surface area contributed by atoms with Crippen LogP contribution in [-0.4, -0.2) is 23.3 Å². The van der Waals surface area contributed by atoms with Gasteiger partial charge in [-0.05, 0) is 38.1 Å². The van der Waals surface area contributed by atoms with Gasteiger partial charge in [0.1, 0.15) is 0 Å². The minimum Gasteiger partial charge on any atom is -0.504 e. The predicted octanol–water partition coefficient (Wildman–Crippen LogP) is 1.67. The molecule has 0 aliphatic heterocycles. The third kappa shape index (κ3) is 3.44. The molecule has 0 aliphatic rings. The number of hydrogen-bond acceptors (Lipinski definition) is 3. The summed E-state index contributed by atoms with van der Waals surface area (Å²) in [5.41, 5.74) is 1.01. The lowest BCUT2D eigenvalue weighted by Crippen LogP contribution is -2.23. The molecule has 14 heavy (non-hydrogen) atoms. The summed E-state index contributed by atoms with van der Waals surface area (Å²) in [6.45, 7) is 2.06. The number of phenols is 2. The van der Waals surface area contributed by atoms with Crippen LogP contribution in [0.3, 0.4) is 0 Å². The van der Waals surface area contributed by atoms with Gasteiger partial charge in [0.05, 0.1) is 0 Å². The molecule has 0 radical (unpaired) electrons. The normalized spacial score (nSPS) is 11.9. The van der Waals surface area contributed by atoms with Gasteiger partial charge < -0.3 is 15.5 Å². The molecule has 0 amide bonds. The second-order valence-corrected chi connectivity index (χ2v) is 3.22. The van der Waals surface area contributed by atoms with Gasteiger partial charge >= 0.3 is 0 Å². The smallest absolute Gasteiger partial charge is 0.157 e. The van der Waals surface area contributed by atoms with Crippen LogP contribution in [0.25, 0.3) is 0 Å².